The molecule has 1 amide bonds. The molecular weight excluding hydrogens is 585 g/mol. The van der Waals surface area contributed by atoms with Crippen LogP contribution in [-0.4, -0.2) is 63.4 Å². The van der Waals surface area contributed by atoms with Crippen molar-refractivity contribution in [3.05, 3.63) is 101 Å². The van der Waals surface area contributed by atoms with Gasteiger partial charge in [-0.1, -0.05) is 102 Å². The number of amides is 1. The number of nitrogens with zero attached hydrogens (tertiary/aromatic N) is 2. The molecule has 2 saturated heterocycles. The minimum absolute atomic E-state index is 0.0108. The van der Waals surface area contributed by atoms with Gasteiger partial charge in [-0.3, -0.25) is 14.6 Å². The predicted octanol–water partition coefficient (Wildman–Crippen LogP) is 5.85. The molecule has 3 atom stereocenters. The molecule has 3 aromatic rings. The summed E-state index contributed by atoms with van der Waals surface area (Å²) in [6, 6.07) is 25.6. The van der Waals surface area contributed by atoms with E-state index in [0.717, 1.165) is 56.0 Å². The molecule has 0 radical (unpaired) electrons. The molecule has 0 saturated carbocycles. The zero-order valence-corrected chi connectivity index (χ0v) is 24.9. The average molecular weight is 619 g/mol. The van der Waals surface area contributed by atoms with E-state index in [0.29, 0.717) is 12.1 Å². The van der Waals surface area contributed by atoms with Crippen LogP contribution in [0.1, 0.15) is 41.1 Å². The first-order valence-electron chi connectivity index (χ1n) is 13.7. The third-order valence-electron chi connectivity index (χ3n) is 7.46. The number of rotatable bonds is 8. The number of aliphatic hydroxyl groups is 1. The van der Waals surface area contributed by atoms with Crippen LogP contribution in [-0.2, 0) is 27.4 Å². The summed E-state index contributed by atoms with van der Waals surface area (Å²) in [6.07, 6.45) is -0.231. The Bertz CT molecular complexity index is 1280. The van der Waals surface area contributed by atoms with Gasteiger partial charge in [0.2, 0.25) is 0 Å². The van der Waals surface area contributed by atoms with Crippen molar-refractivity contribution < 1.29 is 19.4 Å². The van der Waals surface area contributed by atoms with E-state index in [9.17, 15) is 9.90 Å². The zero-order valence-electron chi connectivity index (χ0n) is 22.6. The molecule has 2 N–H and O–H groups in total. The molecule has 0 unspecified atom stereocenters. The number of benzene rings is 3. The van der Waals surface area contributed by atoms with Gasteiger partial charge in [0.05, 0.1) is 18.8 Å². The number of ether oxygens (including phenoxy) is 2. The summed E-state index contributed by atoms with van der Waals surface area (Å²) >= 11 is 17.2. The first kappa shape index (κ1) is 30.3. The monoisotopic (exact) mass is 617 g/mol. The lowest BCUT2D eigenvalue weighted by Crippen LogP contribution is -2.49. The third-order valence-corrected chi connectivity index (χ3v) is 7.98. The van der Waals surface area contributed by atoms with E-state index in [1.807, 2.05) is 36.4 Å². The average Bonchev–Trinajstić information content (AvgIpc) is 2.98. The number of alkyl halides is 3. The number of nitrogens with one attached hydrogen (secondary N) is 1. The molecule has 41 heavy (non-hydrogen) atoms. The first-order valence-corrected chi connectivity index (χ1v) is 14.9. The van der Waals surface area contributed by atoms with Gasteiger partial charge >= 0.3 is 0 Å². The van der Waals surface area contributed by atoms with E-state index < -0.39 is 16.0 Å². The normalized spacial score (nSPS) is 22.4. The highest BCUT2D eigenvalue weighted by atomic mass is 35.6. The number of carbonyl (C=O) groups excluding carboxylic acids is 1. The summed E-state index contributed by atoms with van der Waals surface area (Å²) in [5.41, 5.74) is 4.43. The van der Waals surface area contributed by atoms with Crippen molar-refractivity contribution in [2.45, 2.75) is 41.9 Å². The molecule has 0 spiro atoms. The maximum atomic E-state index is 12.2. The van der Waals surface area contributed by atoms with Crippen LogP contribution in [0.5, 0.6) is 0 Å². The Balaban J connectivity index is 1.28. The Morgan fingerprint density at radius 1 is 0.854 bits per heavy atom. The van der Waals surface area contributed by atoms with E-state index in [1.165, 1.54) is 5.56 Å². The van der Waals surface area contributed by atoms with Gasteiger partial charge in [0.15, 0.2) is 6.29 Å². The molecule has 2 aliphatic heterocycles. The Morgan fingerprint density at radius 3 is 2.24 bits per heavy atom. The summed E-state index contributed by atoms with van der Waals surface area (Å²) in [6.45, 7) is 5.66. The van der Waals surface area contributed by atoms with Crippen LogP contribution in [0, 0.1) is 0 Å². The summed E-state index contributed by atoms with van der Waals surface area (Å²) in [5.74, 6) is -0.740. The Morgan fingerprint density at radius 2 is 1.56 bits per heavy atom. The predicted molar refractivity (Wildman–Crippen MR) is 162 cm³/mol. The fraction of sp³-hybridized carbons (Fsp3) is 0.387. The van der Waals surface area contributed by atoms with Crippen molar-refractivity contribution in [3.63, 3.8) is 0 Å². The van der Waals surface area contributed by atoms with Gasteiger partial charge in [-0.05, 0) is 28.8 Å². The number of anilines is 1. The van der Waals surface area contributed by atoms with Crippen LogP contribution in [0.15, 0.2) is 78.9 Å². The second-order valence-corrected chi connectivity index (χ2v) is 12.8. The second kappa shape index (κ2) is 13.8. The largest absolute Gasteiger partial charge is 0.392 e. The van der Waals surface area contributed by atoms with Crippen LogP contribution in [0.4, 0.5) is 5.69 Å². The Labute approximate surface area is 255 Å². The van der Waals surface area contributed by atoms with Gasteiger partial charge in [0.25, 0.3) is 9.70 Å². The molecule has 218 valence electrons. The van der Waals surface area contributed by atoms with Crippen molar-refractivity contribution in [2.75, 3.05) is 38.0 Å². The van der Waals surface area contributed by atoms with Gasteiger partial charge in [-0.25, -0.2) is 0 Å². The highest BCUT2D eigenvalue weighted by Crippen LogP contribution is 2.39. The molecule has 5 rings (SSSR count). The van der Waals surface area contributed by atoms with E-state index in [-0.39, 0.29) is 18.8 Å². The van der Waals surface area contributed by atoms with E-state index in [1.54, 1.807) is 18.2 Å². The molecule has 2 heterocycles. The van der Waals surface area contributed by atoms with E-state index in [4.69, 9.17) is 44.3 Å². The van der Waals surface area contributed by atoms with Crippen LogP contribution in [0.25, 0.3) is 0 Å². The molecule has 3 aromatic carbocycles. The highest BCUT2D eigenvalue weighted by Gasteiger charge is 2.34. The lowest BCUT2D eigenvalue weighted by Gasteiger charge is -2.41. The topological polar surface area (TPSA) is 74.3 Å². The number of hydrogen-bond acceptors (Lipinski definition) is 6. The molecule has 0 aliphatic carbocycles. The number of hydrogen-bond donors (Lipinski definition) is 2. The van der Waals surface area contributed by atoms with Gasteiger partial charge in [-0.2, -0.15) is 0 Å². The second-order valence-electron chi connectivity index (χ2n) is 10.5. The summed E-state index contributed by atoms with van der Waals surface area (Å²) < 4.78 is 10.9. The minimum atomic E-state index is -2.07. The van der Waals surface area contributed by atoms with E-state index in [2.05, 4.69) is 39.4 Å². The van der Waals surface area contributed by atoms with Crippen molar-refractivity contribution in [2.24, 2.45) is 0 Å². The quantitative estimate of drug-likeness (QED) is 0.309. The smallest absolute Gasteiger partial charge is 0.276 e. The summed E-state index contributed by atoms with van der Waals surface area (Å²) in [5, 5.41) is 12.1. The van der Waals surface area contributed by atoms with Gasteiger partial charge in [0, 0.05) is 56.9 Å². The van der Waals surface area contributed by atoms with Crippen molar-refractivity contribution >= 4 is 46.4 Å². The van der Waals surface area contributed by atoms with Crippen LogP contribution in [0.2, 0.25) is 0 Å². The minimum Gasteiger partial charge on any atom is -0.392 e. The van der Waals surface area contributed by atoms with Gasteiger partial charge in [0.1, 0.15) is 0 Å². The van der Waals surface area contributed by atoms with Crippen molar-refractivity contribution in [1.82, 2.24) is 9.80 Å². The molecule has 2 fully saturated rings. The van der Waals surface area contributed by atoms with Gasteiger partial charge in [-0.15, -0.1) is 0 Å². The molecular formula is C31H34Cl3N3O4. The zero-order chi connectivity index (χ0) is 28.8. The molecule has 10 heteroatoms. The number of halogens is 3. The van der Waals surface area contributed by atoms with Crippen LogP contribution < -0.4 is 5.32 Å². The summed E-state index contributed by atoms with van der Waals surface area (Å²) in [4.78, 5) is 17.2. The van der Waals surface area contributed by atoms with Crippen molar-refractivity contribution in [1.29, 1.82) is 0 Å². The Hall–Kier alpha value is -2.20. The van der Waals surface area contributed by atoms with Crippen molar-refractivity contribution in [3.8, 4) is 0 Å². The lowest BCUT2D eigenvalue weighted by molar-refractivity contribution is -0.253. The molecule has 2 aliphatic rings. The fourth-order valence-electron chi connectivity index (χ4n) is 5.26. The Kier molecular flexibility index (Phi) is 10.2. The number of piperazine rings is 1. The molecule has 7 nitrogen and oxygen atoms in total. The third kappa shape index (κ3) is 8.43. The molecule has 0 aromatic heterocycles. The SMILES string of the molecule is O=C(Nc1cccc([C@H]2O[C@@H](CN3CCN(Cc4ccccc4)CC3)C[C@@H](c3ccc(CO)cc3)O2)c1)C(Cl)(Cl)Cl. The van der Waals surface area contributed by atoms with E-state index >= 15 is 0 Å². The standard InChI is InChI=1S/C31H34Cl3N3O4/c32-31(33,34)30(39)35-26-8-4-7-25(17-26)29-40-27(18-28(41-29)24-11-9-23(21-38)10-12-24)20-37-15-13-36(14-16-37)19-22-5-2-1-3-6-22/h1-12,17,27-29,38H,13-16,18-21H2,(H,35,39)/t27-,28+,29+/m1/s1. The lowest BCUT2D eigenvalue weighted by atomic mass is 9.99. The maximum absolute atomic E-state index is 12.2. The van der Waals surface area contributed by atoms with Crippen LogP contribution >= 0.6 is 34.8 Å². The van der Waals surface area contributed by atoms with Crippen LogP contribution in [0.3, 0.4) is 0 Å². The maximum Gasteiger partial charge on any atom is 0.276 e. The fourth-order valence-corrected chi connectivity index (χ4v) is 5.40. The highest BCUT2D eigenvalue weighted by molar-refractivity contribution is 6.76. The molecule has 0 bridgehead atoms. The van der Waals surface area contributed by atoms with Gasteiger partial charge < -0.3 is 19.9 Å². The first-order chi connectivity index (χ1) is 19.8. The number of aliphatic hydroxyl groups excluding tert-OH is 1. The summed E-state index contributed by atoms with van der Waals surface area (Å²) in [7, 11) is 0. The number of carbonyl (C=O) groups is 1.